The molecule has 1 aromatic rings. The van der Waals surface area contributed by atoms with Crippen molar-refractivity contribution in [2.75, 3.05) is 17.8 Å². The second-order valence-electron chi connectivity index (χ2n) is 6.72. The molecule has 2 fully saturated rings. The highest BCUT2D eigenvalue weighted by atomic mass is 32.2. The Morgan fingerprint density at radius 2 is 2.04 bits per heavy atom. The maximum atomic E-state index is 12.8. The van der Waals surface area contributed by atoms with Crippen LogP contribution in [-0.4, -0.2) is 68.2 Å². The third-order valence-electron chi connectivity index (χ3n) is 4.74. The van der Waals surface area contributed by atoms with E-state index < -0.39 is 42.5 Å². The molecule has 1 aromatic carbocycles. The number of nitrogens with zero attached hydrogens (tertiary/aromatic N) is 1. The van der Waals surface area contributed by atoms with Gasteiger partial charge in [-0.05, 0) is 12.5 Å². The van der Waals surface area contributed by atoms with E-state index in [2.05, 4.69) is 0 Å². The van der Waals surface area contributed by atoms with Crippen LogP contribution in [-0.2, 0) is 29.8 Å². The first-order valence-electron chi connectivity index (χ1n) is 8.34. The zero-order valence-corrected chi connectivity index (χ0v) is 16.3. The molecule has 2 saturated heterocycles. The summed E-state index contributed by atoms with van der Waals surface area (Å²) in [7, 11) is -3.20. The maximum absolute atomic E-state index is 12.8. The van der Waals surface area contributed by atoms with Gasteiger partial charge in [0.2, 0.25) is 5.34 Å². The second kappa shape index (κ2) is 7.30. The van der Waals surface area contributed by atoms with Gasteiger partial charge in [0.15, 0.2) is 6.10 Å². The number of carboxylic acids is 1. The molecule has 2 aliphatic heterocycles. The van der Waals surface area contributed by atoms with Gasteiger partial charge in [0.25, 0.3) is 5.91 Å². The molecule has 0 spiro atoms. The molecule has 27 heavy (non-hydrogen) atoms. The lowest BCUT2D eigenvalue weighted by Gasteiger charge is -2.24. The Labute approximate surface area is 160 Å². The van der Waals surface area contributed by atoms with Crippen LogP contribution in [0.3, 0.4) is 0 Å². The summed E-state index contributed by atoms with van der Waals surface area (Å²) < 4.78 is 17.9. The number of ether oxygens (including phenoxy) is 1. The number of carboxylic acid groups (broad SMARTS) is 1. The lowest BCUT2D eigenvalue weighted by Crippen LogP contribution is -2.47. The van der Waals surface area contributed by atoms with Crippen LogP contribution in [0.25, 0.3) is 0 Å². The molecule has 2 aliphatic rings. The van der Waals surface area contributed by atoms with E-state index in [4.69, 9.17) is 9.84 Å². The van der Waals surface area contributed by atoms with Gasteiger partial charge in [0.1, 0.15) is 13.2 Å². The van der Waals surface area contributed by atoms with Gasteiger partial charge in [-0.1, -0.05) is 30.3 Å². The topological polar surface area (TPSA) is 121 Å². The molecule has 3 rings (SSSR count). The third kappa shape index (κ3) is 3.77. The van der Waals surface area contributed by atoms with E-state index in [-0.39, 0.29) is 24.0 Å². The summed E-state index contributed by atoms with van der Waals surface area (Å²) in [5.41, 5.74) is 0.743. The summed E-state index contributed by atoms with van der Waals surface area (Å²) in [4.78, 5) is 37.1. The van der Waals surface area contributed by atoms with Crippen LogP contribution in [0.4, 0.5) is 0 Å². The zero-order valence-electron chi connectivity index (χ0n) is 14.6. The summed E-state index contributed by atoms with van der Waals surface area (Å²) in [6.07, 6.45) is -1.38. The largest absolute Gasteiger partial charge is 0.480 e. The van der Waals surface area contributed by atoms with Crippen molar-refractivity contribution < 1.29 is 33.9 Å². The predicted molar refractivity (Wildman–Crippen MR) is 98.7 cm³/mol. The lowest BCUT2D eigenvalue weighted by molar-refractivity contribution is -0.167. The summed E-state index contributed by atoms with van der Waals surface area (Å²) in [5.74, 6) is -2.42. The average Bonchev–Trinajstić information content (AvgIpc) is 2.99. The third-order valence-corrected chi connectivity index (χ3v) is 8.90. The molecule has 1 amide bonds. The van der Waals surface area contributed by atoms with Gasteiger partial charge in [-0.15, -0.1) is 11.8 Å². The number of carbonyl (C=O) groups is 3. The van der Waals surface area contributed by atoms with E-state index in [1.165, 1.54) is 18.7 Å². The summed E-state index contributed by atoms with van der Waals surface area (Å²) in [5, 5.41) is 17.5. The molecule has 4 unspecified atom stereocenters. The molecule has 10 heteroatoms. The molecule has 146 valence electrons. The van der Waals surface area contributed by atoms with E-state index in [0.717, 1.165) is 10.5 Å². The van der Waals surface area contributed by atoms with E-state index in [0.29, 0.717) is 0 Å². The lowest BCUT2D eigenvalue weighted by atomic mass is 10.2. The van der Waals surface area contributed by atoms with Crippen molar-refractivity contribution in [1.82, 2.24) is 4.90 Å². The Morgan fingerprint density at radius 3 is 2.67 bits per heavy atom. The first-order chi connectivity index (χ1) is 12.7. The molecule has 0 aromatic heterocycles. The zero-order chi connectivity index (χ0) is 19.8. The van der Waals surface area contributed by atoms with E-state index in [1.807, 2.05) is 0 Å². The smallest absolute Gasteiger partial charge is 0.347 e. The minimum atomic E-state index is -3.20. The van der Waals surface area contributed by atoms with Gasteiger partial charge in [-0.3, -0.25) is 4.79 Å². The highest BCUT2D eigenvalue weighted by molar-refractivity contribution is 7.99. The number of hydrogen-bond donors (Lipinski definition) is 2. The van der Waals surface area contributed by atoms with Gasteiger partial charge in [0.05, 0.1) is 12.0 Å². The van der Waals surface area contributed by atoms with Crippen LogP contribution in [0.5, 0.6) is 0 Å². The first-order valence-corrected chi connectivity index (χ1v) is 11.6. The predicted octanol–water partition coefficient (Wildman–Crippen LogP) is 1.17. The maximum Gasteiger partial charge on any atom is 0.347 e. The molecular weight excluding hydrogens is 393 g/mol. The summed E-state index contributed by atoms with van der Waals surface area (Å²) in [6.45, 7) is 1.32. The van der Waals surface area contributed by atoms with E-state index >= 15 is 0 Å². The van der Waals surface area contributed by atoms with Crippen molar-refractivity contribution in [2.45, 2.75) is 30.6 Å². The number of carbonyl (C=O) groups excluding carboxylic acids is 2. The van der Waals surface area contributed by atoms with Crippen molar-refractivity contribution in [3.63, 3.8) is 0 Å². The molecule has 4 atom stereocenters. The minimum absolute atomic E-state index is 0.0750. The van der Waals surface area contributed by atoms with Crippen LogP contribution in [0.1, 0.15) is 12.5 Å². The summed E-state index contributed by atoms with van der Waals surface area (Å²) >= 11 is 1.29. The number of thioether (sulfide) groups is 1. The van der Waals surface area contributed by atoms with Gasteiger partial charge in [-0.25, -0.2) is 9.59 Å². The quantitative estimate of drug-likeness (QED) is 0.527. The SMILES string of the molecule is CC(OC(=O)C1(O)CP1(=O)Cc1ccccc1)C(=O)N1CSCC1C(=O)O. The molecular formula is C17H20NO7PS. The normalized spacial score (nSPS) is 30.6. The van der Waals surface area contributed by atoms with Gasteiger partial charge in [-0.2, -0.15) is 0 Å². The van der Waals surface area contributed by atoms with Crippen LogP contribution < -0.4 is 0 Å². The Hall–Kier alpha value is -1.83. The van der Waals surface area contributed by atoms with Crippen molar-refractivity contribution in [3.05, 3.63) is 35.9 Å². The average molecular weight is 413 g/mol. The second-order valence-corrected chi connectivity index (χ2v) is 10.9. The fraction of sp³-hybridized carbons (Fsp3) is 0.471. The van der Waals surface area contributed by atoms with Crippen molar-refractivity contribution >= 4 is 36.7 Å². The number of aliphatic hydroxyl groups is 1. The van der Waals surface area contributed by atoms with Gasteiger partial charge >= 0.3 is 11.9 Å². The molecule has 8 nitrogen and oxygen atoms in total. The van der Waals surface area contributed by atoms with E-state index in [9.17, 15) is 24.1 Å². The fourth-order valence-electron chi connectivity index (χ4n) is 3.02. The number of hydrogen-bond acceptors (Lipinski definition) is 7. The van der Waals surface area contributed by atoms with Crippen molar-refractivity contribution in [1.29, 1.82) is 0 Å². The minimum Gasteiger partial charge on any atom is -0.480 e. The Morgan fingerprint density at radius 1 is 1.37 bits per heavy atom. The molecule has 0 radical (unpaired) electrons. The van der Waals surface area contributed by atoms with Crippen LogP contribution in [0.15, 0.2) is 30.3 Å². The first kappa shape index (κ1) is 19.9. The van der Waals surface area contributed by atoms with Crippen LogP contribution in [0, 0.1) is 0 Å². The molecule has 2 heterocycles. The number of benzene rings is 1. The monoisotopic (exact) mass is 413 g/mol. The Kier molecular flexibility index (Phi) is 5.38. The summed E-state index contributed by atoms with van der Waals surface area (Å²) in [6, 6.07) is 7.89. The fourth-order valence-corrected chi connectivity index (χ4v) is 6.98. The number of amides is 1. The molecule has 2 N–H and O–H groups in total. The molecule has 0 bridgehead atoms. The van der Waals surface area contributed by atoms with Gasteiger partial charge < -0.3 is 24.4 Å². The Balaban J connectivity index is 1.62. The van der Waals surface area contributed by atoms with Crippen LogP contribution in [0.2, 0.25) is 0 Å². The highest BCUT2D eigenvalue weighted by Gasteiger charge is 2.70. The molecule has 0 aliphatic carbocycles. The van der Waals surface area contributed by atoms with Crippen LogP contribution >= 0.6 is 18.9 Å². The van der Waals surface area contributed by atoms with Gasteiger partial charge in [0, 0.05) is 11.9 Å². The molecule has 0 saturated carbocycles. The van der Waals surface area contributed by atoms with E-state index in [1.54, 1.807) is 30.3 Å². The standard InChI is InChI=1S/C17H20NO7PS/c1-11(14(19)18-10-27-8-13(18)15(20)21)25-16(22)17(23)9-26(17,24)7-12-5-3-2-4-6-12/h2-6,11,13,23H,7-10H2,1H3,(H,20,21). The number of aliphatic carboxylic acids is 1. The number of rotatable bonds is 6. The van der Waals surface area contributed by atoms with Crippen molar-refractivity contribution in [3.8, 4) is 0 Å². The highest BCUT2D eigenvalue weighted by Crippen LogP contribution is 2.76. The Bertz CT molecular complexity index is 817. The number of esters is 1. The van der Waals surface area contributed by atoms with Crippen molar-refractivity contribution in [2.24, 2.45) is 0 Å².